The Kier molecular flexibility index (Phi) is 5.50. The van der Waals surface area contributed by atoms with Crippen molar-refractivity contribution < 1.29 is 14.1 Å². The maximum absolute atomic E-state index is 11.9. The maximum Gasteiger partial charge on any atom is 0.358 e. The predicted molar refractivity (Wildman–Crippen MR) is 88.7 cm³/mol. The molecule has 0 radical (unpaired) electrons. The zero-order valence-corrected chi connectivity index (χ0v) is 13.9. The van der Waals surface area contributed by atoms with E-state index in [1.165, 1.54) is 0 Å². The van der Waals surface area contributed by atoms with E-state index in [-0.39, 0.29) is 6.61 Å². The summed E-state index contributed by atoms with van der Waals surface area (Å²) in [5, 5.41) is 10.7. The van der Waals surface area contributed by atoms with E-state index in [4.69, 9.17) is 9.26 Å². The molecule has 0 aliphatic rings. The van der Waals surface area contributed by atoms with E-state index in [0.717, 1.165) is 24.1 Å². The summed E-state index contributed by atoms with van der Waals surface area (Å²) in [5.41, 5.74) is 2.04. The lowest BCUT2D eigenvalue weighted by atomic mass is 10.2. The number of pyridine rings is 1. The van der Waals surface area contributed by atoms with Gasteiger partial charge in [0.05, 0.1) is 6.61 Å². The highest BCUT2D eigenvalue weighted by atomic mass is 16.5. The van der Waals surface area contributed by atoms with Gasteiger partial charge in [-0.1, -0.05) is 18.5 Å². The minimum atomic E-state index is -0.430. The molecule has 0 aromatic carbocycles. The Hall–Kier alpha value is -3.03. The van der Waals surface area contributed by atoms with Crippen molar-refractivity contribution in [2.75, 3.05) is 6.61 Å². The van der Waals surface area contributed by atoms with Gasteiger partial charge in [0, 0.05) is 30.1 Å². The topological polar surface area (TPSA) is 107 Å². The molecule has 1 N–H and O–H groups in total. The molecule has 130 valence electrons. The number of carbonyl (C=O) groups is 1. The number of aromatic nitrogens is 5. The number of nitrogens with one attached hydrogen (secondary N) is 1. The third-order valence-electron chi connectivity index (χ3n) is 3.52. The third kappa shape index (κ3) is 4.50. The molecule has 0 bridgehead atoms. The second-order valence-electron chi connectivity index (χ2n) is 5.52. The van der Waals surface area contributed by atoms with E-state index < -0.39 is 5.97 Å². The fourth-order valence-corrected chi connectivity index (χ4v) is 2.29. The quantitative estimate of drug-likeness (QED) is 0.495. The standard InChI is InChI=1S/C17H19N5O3/c1-2-5-13-10-14(21-20-13)17(23)24-9-4-7-15-19-16(22-25-15)12-6-3-8-18-11-12/h3,6,8,10-11H,2,4-5,7,9H2,1H3,(H,20,21). The Bertz CT molecular complexity index is 813. The van der Waals surface area contributed by atoms with E-state index in [2.05, 4.69) is 32.2 Å². The predicted octanol–water partition coefficient (Wildman–Crippen LogP) is 2.60. The summed E-state index contributed by atoms with van der Waals surface area (Å²) in [6.45, 7) is 2.33. The summed E-state index contributed by atoms with van der Waals surface area (Å²) in [6, 6.07) is 5.40. The largest absolute Gasteiger partial charge is 0.461 e. The molecule has 0 atom stereocenters. The number of hydrogen-bond acceptors (Lipinski definition) is 7. The van der Waals surface area contributed by atoms with Crippen LogP contribution >= 0.6 is 0 Å². The SMILES string of the molecule is CCCc1cc(C(=O)OCCCc2nc(-c3cccnc3)no2)n[nH]1. The number of carbonyl (C=O) groups excluding carboxylic acids is 1. The lowest BCUT2D eigenvalue weighted by Gasteiger charge is -2.00. The molecule has 0 unspecified atom stereocenters. The second kappa shape index (κ2) is 8.18. The number of esters is 1. The minimum absolute atomic E-state index is 0.263. The number of hydrogen-bond donors (Lipinski definition) is 1. The zero-order chi connectivity index (χ0) is 17.5. The second-order valence-corrected chi connectivity index (χ2v) is 5.52. The molecule has 0 saturated carbocycles. The van der Waals surface area contributed by atoms with Gasteiger partial charge >= 0.3 is 5.97 Å². The van der Waals surface area contributed by atoms with Crippen molar-refractivity contribution in [2.45, 2.75) is 32.6 Å². The molecule has 8 nitrogen and oxygen atoms in total. The van der Waals surface area contributed by atoms with Gasteiger partial charge in [-0.2, -0.15) is 10.1 Å². The normalized spacial score (nSPS) is 10.8. The van der Waals surface area contributed by atoms with Gasteiger partial charge in [-0.3, -0.25) is 10.1 Å². The van der Waals surface area contributed by atoms with Gasteiger partial charge < -0.3 is 9.26 Å². The van der Waals surface area contributed by atoms with E-state index in [1.54, 1.807) is 18.5 Å². The Labute approximate surface area is 144 Å². The number of H-pyrrole nitrogens is 1. The fraction of sp³-hybridized carbons (Fsp3) is 0.353. The highest BCUT2D eigenvalue weighted by Gasteiger charge is 2.12. The van der Waals surface area contributed by atoms with Crippen molar-refractivity contribution >= 4 is 5.97 Å². The van der Waals surface area contributed by atoms with Crippen LogP contribution in [-0.2, 0) is 17.6 Å². The van der Waals surface area contributed by atoms with Crippen LogP contribution < -0.4 is 0 Å². The highest BCUT2D eigenvalue weighted by Crippen LogP contribution is 2.14. The van der Waals surface area contributed by atoms with Crippen LogP contribution in [0.5, 0.6) is 0 Å². The van der Waals surface area contributed by atoms with Crippen molar-refractivity contribution in [2.24, 2.45) is 0 Å². The van der Waals surface area contributed by atoms with E-state index in [9.17, 15) is 4.79 Å². The number of aryl methyl sites for hydroxylation is 2. The van der Waals surface area contributed by atoms with E-state index >= 15 is 0 Å². The summed E-state index contributed by atoms with van der Waals surface area (Å²) in [4.78, 5) is 20.2. The fourth-order valence-electron chi connectivity index (χ4n) is 2.29. The van der Waals surface area contributed by atoms with Crippen LogP contribution in [0, 0.1) is 0 Å². The highest BCUT2D eigenvalue weighted by molar-refractivity contribution is 5.87. The van der Waals surface area contributed by atoms with Gasteiger partial charge in [-0.25, -0.2) is 4.79 Å². The smallest absolute Gasteiger partial charge is 0.358 e. The van der Waals surface area contributed by atoms with Crippen LogP contribution in [0.15, 0.2) is 35.1 Å². The molecule has 0 saturated heterocycles. The van der Waals surface area contributed by atoms with Crippen LogP contribution in [0.1, 0.15) is 41.8 Å². The Balaban J connectivity index is 1.44. The third-order valence-corrected chi connectivity index (χ3v) is 3.52. The number of ether oxygens (including phenoxy) is 1. The van der Waals surface area contributed by atoms with Gasteiger partial charge in [0.25, 0.3) is 0 Å². The van der Waals surface area contributed by atoms with Gasteiger partial charge in [0.15, 0.2) is 5.69 Å². The molecule has 0 aliphatic carbocycles. The molecule has 0 aliphatic heterocycles. The molecule has 0 amide bonds. The first-order valence-corrected chi connectivity index (χ1v) is 8.20. The zero-order valence-electron chi connectivity index (χ0n) is 13.9. The summed E-state index contributed by atoms with van der Waals surface area (Å²) >= 11 is 0. The van der Waals surface area contributed by atoms with Crippen LogP contribution in [-0.4, -0.2) is 37.9 Å². The van der Waals surface area contributed by atoms with Crippen LogP contribution in [0.2, 0.25) is 0 Å². The first kappa shape index (κ1) is 16.8. The van der Waals surface area contributed by atoms with Gasteiger partial charge in [0.1, 0.15) is 0 Å². The molecular formula is C17H19N5O3. The van der Waals surface area contributed by atoms with Gasteiger partial charge in [-0.15, -0.1) is 0 Å². The molecule has 25 heavy (non-hydrogen) atoms. The summed E-state index contributed by atoms with van der Waals surface area (Å²) in [7, 11) is 0. The van der Waals surface area contributed by atoms with Crippen molar-refractivity contribution in [3.63, 3.8) is 0 Å². The van der Waals surface area contributed by atoms with Gasteiger partial charge in [0.2, 0.25) is 11.7 Å². The Morgan fingerprint density at radius 1 is 1.36 bits per heavy atom. The van der Waals surface area contributed by atoms with E-state index in [1.807, 2.05) is 12.1 Å². The summed E-state index contributed by atoms with van der Waals surface area (Å²) in [6.07, 6.45) is 6.32. The van der Waals surface area contributed by atoms with Crippen LogP contribution in [0.25, 0.3) is 11.4 Å². The van der Waals surface area contributed by atoms with Crippen LogP contribution in [0.3, 0.4) is 0 Å². The molecule has 0 spiro atoms. The first-order valence-electron chi connectivity index (χ1n) is 8.20. The molecule has 3 aromatic heterocycles. The molecule has 0 fully saturated rings. The average Bonchev–Trinajstić information content (AvgIpc) is 3.29. The summed E-state index contributed by atoms with van der Waals surface area (Å²) < 4.78 is 10.4. The lowest BCUT2D eigenvalue weighted by Crippen LogP contribution is -2.07. The lowest BCUT2D eigenvalue weighted by molar-refractivity contribution is 0.0491. The van der Waals surface area contributed by atoms with E-state index in [0.29, 0.717) is 30.3 Å². The number of rotatable bonds is 8. The molecule has 3 rings (SSSR count). The number of aromatic amines is 1. The monoisotopic (exact) mass is 341 g/mol. The van der Waals surface area contributed by atoms with Crippen molar-refractivity contribution in [3.05, 3.63) is 47.9 Å². The molecular weight excluding hydrogens is 322 g/mol. The molecule has 3 aromatic rings. The van der Waals surface area contributed by atoms with Crippen molar-refractivity contribution in [1.29, 1.82) is 0 Å². The number of nitrogens with zero attached hydrogens (tertiary/aromatic N) is 4. The molecule has 8 heteroatoms. The maximum atomic E-state index is 11.9. The van der Waals surface area contributed by atoms with Crippen molar-refractivity contribution in [1.82, 2.24) is 25.3 Å². The molecule has 3 heterocycles. The summed E-state index contributed by atoms with van der Waals surface area (Å²) in [5.74, 6) is 0.570. The Morgan fingerprint density at radius 3 is 3.08 bits per heavy atom. The first-order chi connectivity index (χ1) is 12.3. The van der Waals surface area contributed by atoms with Crippen molar-refractivity contribution in [3.8, 4) is 11.4 Å². The van der Waals surface area contributed by atoms with Gasteiger partial charge in [-0.05, 0) is 31.0 Å². The Morgan fingerprint density at radius 2 is 2.28 bits per heavy atom. The average molecular weight is 341 g/mol. The van der Waals surface area contributed by atoms with Crippen LogP contribution in [0.4, 0.5) is 0 Å². The minimum Gasteiger partial charge on any atom is -0.461 e.